The van der Waals surface area contributed by atoms with E-state index in [1.165, 1.54) is 180 Å². The van der Waals surface area contributed by atoms with Crippen LogP contribution < -0.4 is 10.9 Å². The Kier molecular flexibility index (Phi) is 24.5. The van der Waals surface area contributed by atoms with E-state index < -0.39 is 36.6 Å². The van der Waals surface area contributed by atoms with Crippen LogP contribution in [0.2, 0.25) is 0 Å². The van der Waals surface area contributed by atoms with E-state index in [1.807, 2.05) is 113 Å². The van der Waals surface area contributed by atoms with Gasteiger partial charge in [0.05, 0.1) is 53.4 Å². The topological polar surface area (TPSA) is 88.5 Å². The molecule has 8 aromatic rings. The summed E-state index contributed by atoms with van der Waals surface area (Å²) in [6, 6.07) is 18.6. The van der Waals surface area contributed by atoms with Gasteiger partial charge in [0.2, 0.25) is 0 Å². The quantitative estimate of drug-likeness (QED) is 0.0471. The summed E-state index contributed by atoms with van der Waals surface area (Å²) >= 11 is 18.1. The van der Waals surface area contributed by atoms with Crippen LogP contribution in [0.4, 0.5) is 0 Å². The summed E-state index contributed by atoms with van der Waals surface area (Å²) < 4.78 is 45.9. The van der Waals surface area contributed by atoms with Crippen molar-refractivity contribution in [3.05, 3.63) is 88.8 Å². The third kappa shape index (κ3) is 14.9. The molecule has 2 aromatic carbocycles. The number of halogens is 2. The molecule has 0 N–H and O–H groups in total. The molecule has 0 saturated carbocycles. The van der Waals surface area contributed by atoms with E-state index >= 15 is 0 Å². The molecule has 6 aromatic heterocycles. The zero-order valence-electron chi connectivity index (χ0n) is 59.9. The fourth-order valence-electron chi connectivity index (χ4n) is 15.4. The van der Waals surface area contributed by atoms with Gasteiger partial charge in [0.15, 0.2) is 0 Å². The molecule has 0 radical (unpaired) electrons. The van der Waals surface area contributed by atoms with E-state index in [4.69, 9.17) is 23.0 Å². The van der Waals surface area contributed by atoms with Crippen molar-refractivity contribution < 1.29 is 18.6 Å². The van der Waals surface area contributed by atoms with Gasteiger partial charge in [-0.1, -0.05) is 182 Å². The number of hydrogen-bond donors (Lipinski definition) is 0. The van der Waals surface area contributed by atoms with Crippen LogP contribution in [-0.4, -0.2) is 54.1 Å². The van der Waals surface area contributed by atoms with Gasteiger partial charge in [0.25, 0.3) is 0 Å². The zero-order valence-corrected chi connectivity index (χ0v) is 67.9. The number of unbranched alkanes of at least 4 members (excludes halogenated alkanes) is 4. The van der Waals surface area contributed by atoms with Crippen molar-refractivity contribution in [3.8, 4) is 29.9 Å². The summed E-state index contributed by atoms with van der Waals surface area (Å²) in [5.41, 5.74) is 13.2. The maximum atomic E-state index is 6.21. The first kappa shape index (κ1) is 74.5. The lowest BCUT2D eigenvalue weighted by molar-refractivity contribution is 0.00578. The number of aromatic nitrogens is 4. The zero-order chi connectivity index (χ0) is 67.7. The van der Waals surface area contributed by atoms with Crippen LogP contribution >= 0.6 is 101 Å². The predicted octanol–water partition coefficient (Wildman–Crippen LogP) is 24.7. The van der Waals surface area contributed by atoms with E-state index in [0.717, 1.165) is 56.7 Å². The smallest absolute Gasteiger partial charge is 0.399 e. The molecule has 8 nitrogen and oxygen atoms in total. The normalized spacial score (nSPS) is 19.8. The molecule has 2 aliphatic heterocycles. The number of thiophene rings is 4. The molecule has 2 saturated heterocycles. The third-order valence-corrected chi connectivity index (χ3v) is 29.4. The molecule has 8 heterocycles. The predicted molar refractivity (Wildman–Crippen MR) is 419 cm³/mol. The van der Waals surface area contributed by atoms with Crippen LogP contribution in [0.5, 0.6) is 0 Å². The fraction of sp³-hybridized carbons (Fsp3) is 0.632. The van der Waals surface area contributed by atoms with Crippen molar-refractivity contribution in [2.45, 2.75) is 286 Å². The largest absolute Gasteiger partial charge is 0.497 e. The lowest BCUT2D eigenvalue weighted by Crippen LogP contribution is -2.41. The average molecular weight is 1510 g/mol. The highest BCUT2D eigenvalue weighted by atomic mass is 79.9. The first-order valence-electron chi connectivity index (χ1n) is 35.8. The van der Waals surface area contributed by atoms with Crippen molar-refractivity contribution in [2.24, 2.45) is 23.7 Å². The Morgan fingerprint density at radius 3 is 1.14 bits per heavy atom. The van der Waals surface area contributed by atoms with Gasteiger partial charge < -0.3 is 18.6 Å². The van der Waals surface area contributed by atoms with Crippen molar-refractivity contribution in [3.63, 3.8) is 0 Å². The lowest BCUT2D eigenvalue weighted by atomic mass is 9.65. The van der Waals surface area contributed by atoms with Gasteiger partial charge in [-0.15, -0.1) is 45.3 Å². The minimum atomic E-state index is -0.478. The highest BCUT2D eigenvalue weighted by molar-refractivity contribution is 9.11. The van der Waals surface area contributed by atoms with Gasteiger partial charge in [0.1, 0.15) is 22.1 Å². The lowest BCUT2D eigenvalue weighted by Gasteiger charge is -2.37. The highest BCUT2D eigenvalue weighted by Gasteiger charge is 2.55. The monoisotopic (exact) mass is 1510 g/mol. The molecule has 4 aliphatic rings. The summed E-state index contributed by atoms with van der Waals surface area (Å²) in [6.45, 7) is 39.8. The Balaban J connectivity index is 0.000000157. The van der Waals surface area contributed by atoms with Crippen molar-refractivity contribution in [1.29, 1.82) is 0 Å². The van der Waals surface area contributed by atoms with E-state index in [-0.39, 0.29) is 10.8 Å². The summed E-state index contributed by atoms with van der Waals surface area (Å²) in [4.78, 5) is 9.02. The first-order valence-corrected chi connectivity index (χ1v) is 42.1. The maximum absolute atomic E-state index is 6.21. The van der Waals surface area contributed by atoms with Gasteiger partial charge >= 0.3 is 14.2 Å². The minimum absolute atomic E-state index is 0.136. The summed E-state index contributed by atoms with van der Waals surface area (Å²) in [5, 5.41) is 0. The van der Waals surface area contributed by atoms with Gasteiger partial charge in [-0.25, -0.2) is 0 Å². The first-order chi connectivity index (χ1) is 44.8. The highest BCUT2D eigenvalue weighted by Crippen LogP contribution is 2.64. The second-order valence-corrected chi connectivity index (χ2v) is 38.2. The molecule has 2 fully saturated rings. The Morgan fingerprint density at radius 1 is 0.415 bits per heavy atom. The number of benzene rings is 2. The van der Waals surface area contributed by atoms with Crippen LogP contribution in [0.1, 0.15) is 272 Å². The number of fused-ring (bicyclic) bond motifs is 8. The molecule has 0 spiro atoms. The Bertz CT molecular complexity index is 3650. The Morgan fingerprint density at radius 2 is 0.755 bits per heavy atom. The van der Waals surface area contributed by atoms with Crippen LogP contribution in [0, 0.1) is 37.5 Å². The van der Waals surface area contributed by atoms with E-state index in [0.29, 0.717) is 0 Å². The SMILES string of the molecule is CC1(C)OB(c2ccc(B3OC(C)(C)C(C)(C)O3)c3nsnc23)OC1(C)C.CCCCC(CC)CC1(CC(CC)CCCC)c2cc(Br)sc2-c2sc(Br)cc21.CCCCC(CC)CC1(CC(CC)CCCC)c2cc(C)sc2-c2sc(-c3ccc(C)c4nsnc34)cc21. The van der Waals surface area contributed by atoms with Crippen molar-refractivity contribution in [2.75, 3.05) is 0 Å². The van der Waals surface area contributed by atoms with Crippen LogP contribution in [0.15, 0.2) is 56.1 Å². The second-order valence-electron chi connectivity index (χ2n) is 30.0. The molecule has 0 amide bonds. The van der Waals surface area contributed by atoms with Crippen LogP contribution in [-0.2, 0) is 29.4 Å². The van der Waals surface area contributed by atoms with Crippen LogP contribution in [0.3, 0.4) is 0 Å². The molecule has 2 aliphatic carbocycles. The Hall–Kier alpha value is -2.19. The number of aryl methyl sites for hydroxylation is 2. The molecule has 94 heavy (non-hydrogen) atoms. The fourth-order valence-corrected chi connectivity index (χ4v) is 22.7. The molecule has 510 valence electrons. The standard InChI is InChI=1S/C33H44N2S3.C25H36Br2S2.C18H26B2N2O4S/c1-7-11-13-23(9-3)19-33(20-24(10-4)14-12-8-2)26-17-22(6)36-31(26)32-27(33)18-28(37-32)25-16-15-21(5)29-30(25)35-38-34-29;1-5-9-11-17(7-3)15-25(16-18(8-4)12-10-6-2)19-13-21(26)28-23(19)24-20(25)14-22(27)29-24;1-15(2)16(3,4)24-19(23-15)11-9-10-12(14-13(11)21-27-22-14)20-25-17(5,6)18(7,8)26-20/h15-18,23-24H,7-14,19-20H2,1-6H3;13-14,17-18H,5-12,15-16H2,1-4H3;9-10H,1-8H3. The molecule has 0 bridgehead atoms. The second kappa shape index (κ2) is 31.0. The molecular weight excluding hydrogens is 1410 g/mol. The summed E-state index contributed by atoms with van der Waals surface area (Å²) in [6.07, 6.45) is 26.5. The number of rotatable bonds is 27. The molecule has 4 atom stereocenters. The van der Waals surface area contributed by atoms with Gasteiger partial charge in [-0.3, -0.25) is 0 Å². The van der Waals surface area contributed by atoms with E-state index in [9.17, 15) is 0 Å². The van der Waals surface area contributed by atoms with Crippen molar-refractivity contribution >= 4 is 148 Å². The number of hydrogen-bond acceptors (Lipinski definition) is 14. The van der Waals surface area contributed by atoms with Gasteiger partial charge in [-0.05, 0) is 203 Å². The minimum Gasteiger partial charge on any atom is -0.399 e. The molecule has 4 unspecified atom stereocenters. The molecule has 12 rings (SSSR count). The number of nitrogens with zero attached hydrogens (tertiary/aromatic N) is 4. The summed E-state index contributed by atoms with van der Waals surface area (Å²) in [7, 11) is -0.956. The third-order valence-electron chi connectivity index (χ3n) is 22.6. The van der Waals surface area contributed by atoms with Crippen molar-refractivity contribution in [1.82, 2.24) is 17.5 Å². The molecule has 18 heteroatoms. The molecular formula is C76H106B2Br2N4O4S6. The summed E-state index contributed by atoms with van der Waals surface area (Å²) in [5.74, 6) is 3.18. The maximum Gasteiger partial charge on any atom is 0.497 e. The average Bonchev–Trinajstić information content (AvgIpc) is 1.55. The van der Waals surface area contributed by atoms with Crippen LogP contribution in [0.25, 0.3) is 52.0 Å². The van der Waals surface area contributed by atoms with E-state index in [2.05, 4.69) is 151 Å². The van der Waals surface area contributed by atoms with Gasteiger partial charge in [0, 0.05) is 56.6 Å². The van der Waals surface area contributed by atoms with E-state index in [1.54, 1.807) is 41.8 Å². The Labute approximate surface area is 607 Å². The van der Waals surface area contributed by atoms with Gasteiger partial charge in [-0.2, -0.15) is 17.5 Å².